The lowest BCUT2D eigenvalue weighted by Crippen LogP contribution is -2.55. The molecule has 0 spiro atoms. The Morgan fingerprint density at radius 2 is 1.57 bits per heavy atom. The number of nitrogens with one attached hydrogen (secondary N) is 1. The second-order valence-electron chi connectivity index (χ2n) is 11.9. The summed E-state index contributed by atoms with van der Waals surface area (Å²) in [4.78, 5) is 65.0. The molecular weight excluding hydrogens is 576 g/mol. The Kier molecular flexibility index (Phi) is 9.92. The van der Waals surface area contributed by atoms with Crippen molar-refractivity contribution < 1.29 is 52.4 Å². The molecule has 1 amide bonds. The predicted octanol–water partition coefficient (Wildman–Crippen LogP) is 2.67. The highest BCUT2D eigenvalue weighted by atomic mass is 16.8. The second-order valence-corrected chi connectivity index (χ2v) is 11.9. The zero-order chi connectivity index (χ0) is 31.4. The normalized spacial score (nSPS) is 30.4. The monoisotopic (exact) mass is 616 g/mol. The van der Waals surface area contributed by atoms with Gasteiger partial charge in [-0.05, 0) is 64.4 Å². The van der Waals surface area contributed by atoms with E-state index in [0.717, 1.165) is 24.8 Å². The molecule has 3 heterocycles. The fourth-order valence-electron chi connectivity index (χ4n) is 6.45. The molecule has 3 aliphatic heterocycles. The highest BCUT2D eigenvalue weighted by Gasteiger charge is 2.50. The van der Waals surface area contributed by atoms with Gasteiger partial charge in [0.2, 0.25) is 5.91 Å². The molecule has 4 fully saturated rings. The minimum absolute atomic E-state index is 0.107. The van der Waals surface area contributed by atoms with Gasteiger partial charge in [0, 0.05) is 6.04 Å². The minimum atomic E-state index is -0.853. The van der Waals surface area contributed by atoms with E-state index in [1.165, 1.54) is 0 Å². The zero-order valence-electron chi connectivity index (χ0n) is 25.2. The Morgan fingerprint density at radius 1 is 0.932 bits per heavy atom. The van der Waals surface area contributed by atoms with Gasteiger partial charge in [-0.15, -0.1) is 0 Å². The quantitative estimate of drug-likeness (QED) is 0.271. The Balaban J connectivity index is 1.24. The van der Waals surface area contributed by atoms with Crippen LogP contribution in [0, 0.1) is 5.92 Å². The van der Waals surface area contributed by atoms with Crippen molar-refractivity contribution in [2.24, 2.45) is 5.92 Å². The van der Waals surface area contributed by atoms with Crippen molar-refractivity contribution in [1.82, 2.24) is 10.2 Å². The van der Waals surface area contributed by atoms with E-state index < -0.39 is 66.8 Å². The number of carbonyl (C=O) groups is 5. The van der Waals surface area contributed by atoms with E-state index in [0.29, 0.717) is 19.3 Å². The van der Waals surface area contributed by atoms with Crippen LogP contribution in [-0.4, -0.2) is 96.9 Å². The third-order valence-electron chi connectivity index (χ3n) is 8.92. The number of nitrogens with zero attached hydrogens (tertiary/aromatic N) is 1. The number of cyclic esters (lactones) is 4. The minimum Gasteiger partial charge on any atom is -0.460 e. The Labute approximate surface area is 255 Å². The number of amides is 1. The smallest absolute Gasteiger partial charge is 0.460 e. The summed E-state index contributed by atoms with van der Waals surface area (Å²) < 4.78 is 31.1. The first-order valence-corrected chi connectivity index (χ1v) is 15.3. The maximum absolute atomic E-state index is 14.0. The van der Waals surface area contributed by atoms with Crippen LogP contribution in [0.1, 0.15) is 58.4 Å². The van der Waals surface area contributed by atoms with Crippen molar-refractivity contribution in [3.05, 3.63) is 35.9 Å². The van der Waals surface area contributed by atoms with Gasteiger partial charge < -0.3 is 33.3 Å². The lowest BCUT2D eigenvalue weighted by atomic mass is 10.0. The van der Waals surface area contributed by atoms with E-state index in [4.69, 9.17) is 28.4 Å². The summed E-state index contributed by atoms with van der Waals surface area (Å²) in [5, 5.41) is 3.15. The molecular formula is C31H40N2O11. The van der Waals surface area contributed by atoms with Crippen molar-refractivity contribution >= 4 is 30.2 Å². The molecule has 13 heteroatoms. The van der Waals surface area contributed by atoms with Crippen LogP contribution in [0.15, 0.2) is 30.3 Å². The lowest BCUT2D eigenvalue weighted by Gasteiger charge is -2.32. The highest BCUT2D eigenvalue weighted by molar-refractivity contribution is 5.89. The average Bonchev–Trinajstić information content (AvgIpc) is 3.76. The second kappa shape index (κ2) is 13.8. The summed E-state index contributed by atoms with van der Waals surface area (Å²) in [6.45, 7) is 4.63. The Bertz CT molecular complexity index is 1230. The summed E-state index contributed by atoms with van der Waals surface area (Å²) in [6, 6.07) is 7.06. The van der Waals surface area contributed by atoms with Crippen LogP contribution >= 0.6 is 0 Å². The predicted molar refractivity (Wildman–Crippen MR) is 151 cm³/mol. The molecule has 0 bridgehead atoms. The number of benzene rings is 1. The van der Waals surface area contributed by atoms with E-state index in [1.54, 1.807) is 25.7 Å². The summed E-state index contributed by atoms with van der Waals surface area (Å²) in [5.74, 6) is -1.28. The summed E-state index contributed by atoms with van der Waals surface area (Å²) in [5.41, 5.74) is 1.02. The van der Waals surface area contributed by atoms with Crippen LogP contribution in [0.5, 0.6) is 0 Å². The van der Waals surface area contributed by atoms with Crippen LogP contribution in [0.25, 0.3) is 0 Å². The zero-order valence-corrected chi connectivity index (χ0v) is 25.2. The summed E-state index contributed by atoms with van der Waals surface area (Å²) >= 11 is 0. The van der Waals surface area contributed by atoms with E-state index in [9.17, 15) is 24.0 Å². The molecule has 1 aliphatic carbocycles. The van der Waals surface area contributed by atoms with Gasteiger partial charge in [0.25, 0.3) is 0 Å². The lowest BCUT2D eigenvalue weighted by molar-refractivity contribution is -0.158. The number of carbonyl (C=O) groups excluding carboxylic acids is 5. The van der Waals surface area contributed by atoms with Gasteiger partial charge in [-0.25, -0.2) is 14.4 Å². The molecule has 240 valence electrons. The molecule has 1 saturated carbocycles. The van der Waals surface area contributed by atoms with Crippen LogP contribution in [-0.2, 0) is 49.2 Å². The fraction of sp³-hybridized carbons (Fsp3) is 0.645. The van der Waals surface area contributed by atoms with Crippen LogP contribution in [0.4, 0.5) is 9.59 Å². The molecule has 4 unspecified atom stereocenters. The number of hydrogen-bond acceptors (Lipinski definition) is 12. The fourth-order valence-corrected chi connectivity index (χ4v) is 6.45. The number of likely N-dealkylation sites (tertiary alicyclic amines) is 1. The first-order valence-electron chi connectivity index (χ1n) is 15.3. The van der Waals surface area contributed by atoms with E-state index in [-0.39, 0.29) is 31.1 Å². The number of aryl methyl sites for hydroxylation is 1. The first kappa shape index (κ1) is 31.6. The number of rotatable bonds is 12. The molecule has 1 aromatic carbocycles. The van der Waals surface area contributed by atoms with Gasteiger partial charge in [0.15, 0.2) is 12.2 Å². The van der Waals surface area contributed by atoms with Gasteiger partial charge in [-0.1, -0.05) is 36.8 Å². The van der Waals surface area contributed by atoms with Crippen molar-refractivity contribution in [2.75, 3.05) is 13.2 Å². The maximum Gasteiger partial charge on any atom is 0.509 e. The highest BCUT2D eigenvalue weighted by Crippen LogP contribution is 2.42. The molecule has 1 N–H and O–H groups in total. The van der Waals surface area contributed by atoms with Crippen LogP contribution in [0.2, 0.25) is 0 Å². The Morgan fingerprint density at radius 3 is 2.18 bits per heavy atom. The van der Waals surface area contributed by atoms with Crippen molar-refractivity contribution in [2.45, 2.75) is 108 Å². The summed E-state index contributed by atoms with van der Waals surface area (Å²) in [6.07, 6.45) is -0.159. The topological polar surface area (TPSA) is 156 Å². The molecule has 44 heavy (non-hydrogen) atoms. The third kappa shape index (κ3) is 7.25. The third-order valence-corrected chi connectivity index (χ3v) is 8.92. The van der Waals surface area contributed by atoms with E-state index in [1.807, 2.05) is 30.3 Å². The maximum atomic E-state index is 14.0. The van der Waals surface area contributed by atoms with Gasteiger partial charge >= 0.3 is 24.2 Å². The molecule has 0 aromatic heterocycles. The van der Waals surface area contributed by atoms with E-state index >= 15 is 0 Å². The number of esters is 2. The standard InChI is InChI=1S/C31H40N2O11/c1-17(32-22(13-12-20-8-5-4-6-9-20)28(35)39-15-25-18(2)41-30(37)43-25)27(34)33-23-11-7-10-21(23)14-24(33)29(36)40-16-26-19(3)42-31(38)44-26/h4-6,8-9,17-19,21-26,32H,7,10-16H2,1-3H3/t17-,18?,19-,21?,22-,23-,24-,25?,26?/m0/s1. The van der Waals surface area contributed by atoms with Crippen LogP contribution in [0.3, 0.4) is 0 Å². The number of fused-ring (bicyclic) bond motifs is 1. The van der Waals surface area contributed by atoms with Crippen LogP contribution < -0.4 is 5.32 Å². The largest absolute Gasteiger partial charge is 0.509 e. The van der Waals surface area contributed by atoms with Crippen molar-refractivity contribution in [3.8, 4) is 0 Å². The van der Waals surface area contributed by atoms with Gasteiger partial charge in [0.05, 0.1) is 6.04 Å². The number of ether oxygens (including phenoxy) is 6. The Hall–Kier alpha value is -3.87. The first-order chi connectivity index (χ1) is 21.1. The van der Waals surface area contributed by atoms with Crippen molar-refractivity contribution in [3.63, 3.8) is 0 Å². The number of hydrogen-bond donors (Lipinski definition) is 1. The molecule has 3 saturated heterocycles. The van der Waals surface area contributed by atoms with Crippen molar-refractivity contribution in [1.29, 1.82) is 0 Å². The molecule has 5 rings (SSSR count). The molecule has 13 nitrogen and oxygen atoms in total. The van der Waals surface area contributed by atoms with Gasteiger partial charge in [0.1, 0.15) is 37.5 Å². The van der Waals surface area contributed by atoms with Gasteiger partial charge in [-0.2, -0.15) is 0 Å². The van der Waals surface area contributed by atoms with E-state index in [2.05, 4.69) is 5.32 Å². The SMILES string of the molecule is CC1OC(=O)OC1COC(=O)[C@H](CCc1ccccc1)N[C@@H](C)C(=O)N1[C@H](C(=O)OCC2OC(=O)O[C@H]2C)CC2CCC[C@@H]21. The molecule has 0 radical (unpaired) electrons. The molecule has 9 atom stereocenters. The summed E-state index contributed by atoms with van der Waals surface area (Å²) in [7, 11) is 0. The average molecular weight is 617 g/mol. The molecule has 1 aromatic rings. The molecule has 4 aliphatic rings. The van der Waals surface area contributed by atoms with Gasteiger partial charge in [-0.3, -0.25) is 14.9 Å².